The molecule has 1 rings (SSSR count). The van der Waals surface area contributed by atoms with Gasteiger partial charge in [0.2, 0.25) is 0 Å². The Morgan fingerprint density at radius 1 is 1.38 bits per heavy atom. The SMILES string of the molecule is CCCC[C@H]1[C@@H](OC)[C@H](O)[C@](C)(O)C[C@H]1O. The summed E-state index contributed by atoms with van der Waals surface area (Å²) in [5.41, 5.74) is -1.26. The Hall–Kier alpha value is -0.160. The van der Waals surface area contributed by atoms with Crippen LogP contribution in [-0.4, -0.2) is 46.3 Å². The molecule has 1 saturated carbocycles. The van der Waals surface area contributed by atoms with Crippen molar-refractivity contribution in [2.24, 2.45) is 5.92 Å². The van der Waals surface area contributed by atoms with Crippen LogP contribution in [0.15, 0.2) is 0 Å². The molecule has 0 aromatic carbocycles. The molecule has 0 aliphatic heterocycles. The van der Waals surface area contributed by atoms with Crippen LogP contribution in [0.2, 0.25) is 0 Å². The van der Waals surface area contributed by atoms with E-state index in [1.165, 1.54) is 7.11 Å². The maximum atomic E-state index is 10.00. The molecule has 4 heteroatoms. The van der Waals surface area contributed by atoms with Crippen LogP contribution >= 0.6 is 0 Å². The summed E-state index contributed by atoms with van der Waals surface area (Å²) in [6.45, 7) is 3.63. The zero-order chi connectivity index (χ0) is 12.3. The van der Waals surface area contributed by atoms with Crippen LogP contribution in [0.1, 0.15) is 39.5 Å². The van der Waals surface area contributed by atoms with Gasteiger partial charge in [-0.3, -0.25) is 0 Å². The largest absolute Gasteiger partial charge is 0.393 e. The van der Waals surface area contributed by atoms with Crippen molar-refractivity contribution in [2.75, 3.05) is 7.11 Å². The van der Waals surface area contributed by atoms with Gasteiger partial charge in [0.1, 0.15) is 6.10 Å². The van der Waals surface area contributed by atoms with Crippen molar-refractivity contribution >= 4 is 0 Å². The molecular weight excluding hydrogens is 208 g/mol. The molecule has 1 aliphatic carbocycles. The van der Waals surface area contributed by atoms with Gasteiger partial charge in [-0.1, -0.05) is 19.8 Å². The molecule has 96 valence electrons. The average Bonchev–Trinajstić information content (AvgIpc) is 2.21. The number of hydrogen-bond donors (Lipinski definition) is 3. The van der Waals surface area contributed by atoms with Crippen LogP contribution < -0.4 is 0 Å². The van der Waals surface area contributed by atoms with Gasteiger partial charge in [-0.05, 0) is 13.3 Å². The molecule has 1 fully saturated rings. The van der Waals surface area contributed by atoms with Crippen molar-refractivity contribution in [2.45, 2.75) is 63.4 Å². The number of rotatable bonds is 4. The molecule has 0 aromatic heterocycles. The summed E-state index contributed by atoms with van der Waals surface area (Å²) < 4.78 is 5.25. The minimum atomic E-state index is -1.26. The first kappa shape index (κ1) is 13.9. The Bertz CT molecular complexity index is 217. The lowest BCUT2D eigenvalue weighted by Gasteiger charge is -2.46. The predicted molar refractivity (Wildman–Crippen MR) is 61.1 cm³/mol. The van der Waals surface area contributed by atoms with E-state index in [1.54, 1.807) is 6.92 Å². The summed E-state index contributed by atoms with van der Waals surface area (Å²) in [7, 11) is 1.51. The minimum absolute atomic E-state index is 0.0832. The molecule has 0 bridgehead atoms. The number of methoxy groups -OCH3 is 1. The molecule has 0 heterocycles. The van der Waals surface area contributed by atoms with Gasteiger partial charge in [0.15, 0.2) is 0 Å². The highest BCUT2D eigenvalue weighted by Crippen LogP contribution is 2.36. The molecule has 0 unspecified atom stereocenters. The average molecular weight is 232 g/mol. The monoisotopic (exact) mass is 232 g/mol. The Morgan fingerprint density at radius 2 is 2.00 bits per heavy atom. The van der Waals surface area contributed by atoms with Gasteiger partial charge in [0.05, 0.1) is 17.8 Å². The van der Waals surface area contributed by atoms with E-state index in [0.29, 0.717) is 0 Å². The van der Waals surface area contributed by atoms with E-state index in [-0.39, 0.29) is 12.3 Å². The lowest BCUT2D eigenvalue weighted by atomic mass is 9.72. The van der Waals surface area contributed by atoms with E-state index in [1.807, 2.05) is 0 Å². The molecule has 5 atom stereocenters. The number of ether oxygens (including phenoxy) is 1. The second kappa shape index (κ2) is 5.45. The van der Waals surface area contributed by atoms with Crippen molar-refractivity contribution in [3.05, 3.63) is 0 Å². The highest BCUT2D eigenvalue weighted by atomic mass is 16.5. The smallest absolute Gasteiger partial charge is 0.109 e. The van der Waals surface area contributed by atoms with Gasteiger partial charge < -0.3 is 20.1 Å². The molecular formula is C12H24O4. The number of unbranched alkanes of at least 4 members (excludes halogenated alkanes) is 1. The first-order valence-electron chi connectivity index (χ1n) is 6.05. The first-order valence-corrected chi connectivity index (χ1v) is 6.05. The maximum absolute atomic E-state index is 10.00. The fraction of sp³-hybridized carbons (Fsp3) is 1.00. The second-order valence-electron chi connectivity index (χ2n) is 5.08. The molecule has 4 nitrogen and oxygen atoms in total. The van der Waals surface area contributed by atoms with Crippen molar-refractivity contribution in [3.63, 3.8) is 0 Å². The summed E-state index contributed by atoms with van der Waals surface area (Å²) in [6.07, 6.45) is 1.07. The van der Waals surface area contributed by atoms with Gasteiger partial charge in [-0.15, -0.1) is 0 Å². The molecule has 0 amide bonds. The summed E-state index contributed by atoms with van der Waals surface area (Å²) in [4.78, 5) is 0. The third kappa shape index (κ3) is 2.74. The molecule has 16 heavy (non-hydrogen) atoms. The van der Waals surface area contributed by atoms with Crippen LogP contribution in [0.25, 0.3) is 0 Å². The van der Waals surface area contributed by atoms with E-state index in [0.717, 1.165) is 19.3 Å². The van der Waals surface area contributed by atoms with E-state index >= 15 is 0 Å². The lowest BCUT2D eigenvalue weighted by Crippen LogP contribution is -2.59. The molecule has 3 N–H and O–H groups in total. The van der Waals surface area contributed by atoms with Gasteiger partial charge in [0.25, 0.3) is 0 Å². The molecule has 0 aromatic rings. The minimum Gasteiger partial charge on any atom is -0.393 e. The summed E-state index contributed by atoms with van der Waals surface area (Å²) >= 11 is 0. The maximum Gasteiger partial charge on any atom is 0.109 e. The highest BCUT2D eigenvalue weighted by Gasteiger charge is 2.49. The van der Waals surface area contributed by atoms with E-state index in [9.17, 15) is 15.3 Å². The number of hydrogen-bond acceptors (Lipinski definition) is 4. The van der Waals surface area contributed by atoms with Crippen molar-refractivity contribution in [3.8, 4) is 0 Å². The van der Waals surface area contributed by atoms with Gasteiger partial charge in [-0.2, -0.15) is 0 Å². The molecule has 1 aliphatic rings. The van der Waals surface area contributed by atoms with Crippen LogP contribution in [0.3, 0.4) is 0 Å². The fourth-order valence-corrected chi connectivity index (χ4v) is 2.60. The van der Waals surface area contributed by atoms with Crippen LogP contribution in [-0.2, 0) is 4.74 Å². The Kier molecular flexibility index (Phi) is 4.73. The van der Waals surface area contributed by atoms with Crippen LogP contribution in [0.4, 0.5) is 0 Å². The number of aliphatic hydroxyl groups excluding tert-OH is 2. The third-order valence-corrected chi connectivity index (χ3v) is 3.65. The standard InChI is InChI=1S/C12H24O4/c1-4-5-6-8-9(13)7-12(2,15)11(14)10(8)16-3/h8-11,13-15H,4-7H2,1-3H3/t8-,9-,10-,11+,12-/m1/s1. The van der Waals surface area contributed by atoms with Gasteiger partial charge in [-0.25, -0.2) is 0 Å². The molecule has 0 radical (unpaired) electrons. The summed E-state index contributed by atoms with van der Waals surface area (Å²) in [5.74, 6) is -0.0832. The Labute approximate surface area is 97.2 Å². The predicted octanol–water partition coefficient (Wildman–Crippen LogP) is 0.684. The fourth-order valence-electron chi connectivity index (χ4n) is 2.60. The van der Waals surface area contributed by atoms with Crippen molar-refractivity contribution in [1.82, 2.24) is 0 Å². The van der Waals surface area contributed by atoms with Gasteiger partial charge >= 0.3 is 0 Å². The topological polar surface area (TPSA) is 69.9 Å². The van der Waals surface area contributed by atoms with E-state index < -0.39 is 23.9 Å². The highest BCUT2D eigenvalue weighted by molar-refractivity contribution is 5.00. The zero-order valence-corrected chi connectivity index (χ0v) is 10.4. The van der Waals surface area contributed by atoms with E-state index in [2.05, 4.69) is 6.92 Å². The number of aliphatic hydroxyl groups is 3. The van der Waals surface area contributed by atoms with Crippen LogP contribution in [0.5, 0.6) is 0 Å². The Morgan fingerprint density at radius 3 is 2.50 bits per heavy atom. The summed E-state index contributed by atoms with van der Waals surface area (Å²) in [6, 6.07) is 0. The normalized spacial score (nSPS) is 44.6. The third-order valence-electron chi connectivity index (χ3n) is 3.65. The van der Waals surface area contributed by atoms with Crippen molar-refractivity contribution < 1.29 is 20.1 Å². The quantitative estimate of drug-likeness (QED) is 0.667. The van der Waals surface area contributed by atoms with Crippen LogP contribution in [0, 0.1) is 5.92 Å². The lowest BCUT2D eigenvalue weighted by molar-refractivity contribution is -0.202. The first-order chi connectivity index (χ1) is 7.44. The second-order valence-corrected chi connectivity index (χ2v) is 5.08. The van der Waals surface area contributed by atoms with Crippen molar-refractivity contribution in [1.29, 1.82) is 0 Å². The Balaban J connectivity index is 2.75. The molecule has 0 saturated heterocycles. The van der Waals surface area contributed by atoms with Gasteiger partial charge in [0, 0.05) is 19.4 Å². The zero-order valence-electron chi connectivity index (χ0n) is 10.4. The summed E-state index contributed by atoms with van der Waals surface area (Å²) in [5, 5.41) is 30.0. The molecule has 0 spiro atoms. The van der Waals surface area contributed by atoms with E-state index in [4.69, 9.17) is 4.74 Å².